The Morgan fingerprint density at radius 1 is 1.13 bits per heavy atom. The molecule has 0 unspecified atom stereocenters. The van der Waals surface area contributed by atoms with E-state index in [1.54, 1.807) is 12.1 Å². The zero-order valence-corrected chi connectivity index (χ0v) is 13.9. The van der Waals surface area contributed by atoms with Gasteiger partial charge in [-0.15, -0.1) is 0 Å². The average Bonchev–Trinajstić information content (AvgIpc) is 2.58. The van der Waals surface area contributed by atoms with Crippen molar-refractivity contribution in [3.05, 3.63) is 35.9 Å². The Balaban J connectivity index is 1.59. The number of piperidine rings is 1. The molecule has 3 N–H and O–H groups in total. The Labute approximate surface area is 138 Å². The molecule has 126 valence electrons. The van der Waals surface area contributed by atoms with Crippen LogP contribution >= 0.6 is 0 Å². The van der Waals surface area contributed by atoms with Crippen LogP contribution in [0.1, 0.15) is 43.0 Å². The number of nitrogens with one attached hydrogen (secondary N) is 3. The van der Waals surface area contributed by atoms with E-state index in [0.717, 1.165) is 32.5 Å². The first kappa shape index (κ1) is 17.5. The average molecular weight is 317 g/mol. The fourth-order valence-corrected chi connectivity index (χ4v) is 2.75. The fraction of sp³-hybridized carbons (Fsp3) is 0.556. The fourth-order valence-electron chi connectivity index (χ4n) is 2.75. The van der Waals surface area contributed by atoms with E-state index in [1.807, 2.05) is 18.2 Å². The van der Waals surface area contributed by atoms with Crippen LogP contribution in [0.15, 0.2) is 30.3 Å². The molecule has 1 aromatic carbocycles. The molecular weight excluding hydrogens is 290 g/mol. The summed E-state index contributed by atoms with van der Waals surface area (Å²) in [6, 6.07) is 9.11. The molecule has 0 radical (unpaired) electrons. The third kappa shape index (κ3) is 6.02. The lowest BCUT2D eigenvalue weighted by atomic mass is 9.81. The van der Waals surface area contributed by atoms with E-state index in [4.69, 9.17) is 0 Å². The maximum absolute atomic E-state index is 11.9. The molecule has 0 aromatic heterocycles. The second-order valence-electron chi connectivity index (χ2n) is 6.56. The summed E-state index contributed by atoms with van der Waals surface area (Å²) in [4.78, 5) is 23.7. The van der Waals surface area contributed by atoms with E-state index in [-0.39, 0.29) is 17.2 Å². The van der Waals surface area contributed by atoms with Crippen molar-refractivity contribution in [1.82, 2.24) is 16.0 Å². The topological polar surface area (TPSA) is 70.2 Å². The monoisotopic (exact) mass is 317 g/mol. The van der Waals surface area contributed by atoms with Crippen LogP contribution in [0.3, 0.4) is 0 Å². The summed E-state index contributed by atoms with van der Waals surface area (Å²) in [5, 5.41) is 9.21. The predicted octanol–water partition coefficient (Wildman–Crippen LogP) is 1.70. The van der Waals surface area contributed by atoms with E-state index in [2.05, 4.69) is 22.9 Å². The highest BCUT2D eigenvalue weighted by atomic mass is 16.2. The molecule has 0 bridgehead atoms. The van der Waals surface area contributed by atoms with Gasteiger partial charge in [-0.3, -0.25) is 9.59 Å². The largest absolute Gasteiger partial charge is 0.356 e. The molecule has 0 aliphatic carbocycles. The number of rotatable bonds is 7. The van der Waals surface area contributed by atoms with Crippen molar-refractivity contribution in [2.24, 2.45) is 5.41 Å². The lowest BCUT2D eigenvalue weighted by Crippen LogP contribution is -2.43. The Hall–Kier alpha value is -1.88. The Kier molecular flexibility index (Phi) is 6.59. The minimum atomic E-state index is -0.0896. The number of amides is 2. The lowest BCUT2D eigenvalue weighted by molar-refractivity contribution is -0.121. The highest BCUT2D eigenvalue weighted by molar-refractivity contribution is 5.94. The quantitative estimate of drug-likeness (QED) is 0.671. The van der Waals surface area contributed by atoms with Crippen molar-refractivity contribution in [2.75, 3.05) is 26.2 Å². The zero-order chi connectivity index (χ0) is 16.5. The molecular formula is C18H27N3O2. The van der Waals surface area contributed by atoms with Gasteiger partial charge in [0.05, 0.1) is 0 Å². The van der Waals surface area contributed by atoms with Gasteiger partial charge in [-0.1, -0.05) is 25.1 Å². The first-order valence-corrected chi connectivity index (χ1v) is 8.40. The second kappa shape index (κ2) is 8.67. The molecule has 5 nitrogen and oxygen atoms in total. The number of carbonyl (C=O) groups is 2. The molecule has 2 rings (SSSR count). The van der Waals surface area contributed by atoms with Crippen LogP contribution in [0.5, 0.6) is 0 Å². The van der Waals surface area contributed by atoms with E-state index in [0.29, 0.717) is 24.9 Å². The Morgan fingerprint density at radius 3 is 2.52 bits per heavy atom. The Morgan fingerprint density at radius 2 is 1.83 bits per heavy atom. The summed E-state index contributed by atoms with van der Waals surface area (Å²) >= 11 is 0. The van der Waals surface area contributed by atoms with Gasteiger partial charge in [0.15, 0.2) is 0 Å². The summed E-state index contributed by atoms with van der Waals surface area (Å²) in [6.07, 6.45) is 3.30. The third-order valence-corrected chi connectivity index (χ3v) is 4.43. The van der Waals surface area contributed by atoms with Crippen LogP contribution in [0.4, 0.5) is 0 Å². The minimum absolute atomic E-state index is 0.0683. The van der Waals surface area contributed by atoms with Crippen LogP contribution in [0.2, 0.25) is 0 Å². The zero-order valence-electron chi connectivity index (χ0n) is 13.9. The standard InChI is InChI=1S/C18H27N3O2/c1-18(9-12-19-13-10-18)14-21-16(22)8-5-11-20-17(23)15-6-3-2-4-7-15/h2-4,6-7,19H,5,8-14H2,1H3,(H,20,23)(H,21,22). The van der Waals surface area contributed by atoms with Crippen molar-refractivity contribution in [1.29, 1.82) is 0 Å². The number of hydrogen-bond acceptors (Lipinski definition) is 3. The van der Waals surface area contributed by atoms with Gasteiger partial charge in [0.25, 0.3) is 5.91 Å². The maximum Gasteiger partial charge on any atom is 0.251 e. The first-order valence-electron chi connectivity index (χ1n) is 8.40. The summed E-state index contributed by atoms with van der Waals surface area (Å²) in [6.45, 7) is 5.54. The highest BCUT2D eigenvalue weighted by Crippen LogP contribution is 2.26. The normalized spacial score (nSPS) is 16.6. The lowest BCUT2D eigenvalue weighted by Gasteiger charge is -2.34. The van der Waals surface area contributed by atoms with Crippen molar-refractivity contribution in [3.8, 4) is 0 Å². The molecule has 0 spiro atoms. The second-order valence-corrected chi connectivity index (χ2v) is 6.56. The van der Waals surface area contributed by atoms with E-state index < -0.39 is 0 Å². The van der Waals surface area contributed by atoms with Crippen LogP contribution in [-0.4, -0.2) is 38.0 Å². The molecule has 23 heavy (non-hydrogen) atoms. The van der Waals surface area contributed by atoms with Crippen molar-refractivity contribution < 1.29 is 9.59 Å². The molecule has 0 saturated carbocycles. The first-order chi connectivity index (χ1) is 11.1. The van der Waals surface area contributed by atoms with Gasteiger partial charge < -0.3 is 16.0 Å². The van der Waals surface area contributed by atoms with Gasteiger partial charge >= 0.3 is 0 Å². The smallest absolute Gasteiger partial charge is 0.251 e. The van der Waals surface area contributed by atoms with Gasteiger partial charge in [0.1, 0.15) is 0 Å². The van der Waals surface area contributed by atoms with Crippen molar-refractivity contribution in [3.63, 3.8) is 0 Å². The van der Waals surface area contributed by atoms with Gasteiger partial charge in [-0.2, -0.15) is 0 Å². The van der Waals surface area contributed by atoms with Crippen molar-refractivity contribution in [2.45, 2.75) is 32.6 Å². The maximum atomic E-state index is 11.9. The highest BCUT2D eigenvalue weighted by Gasteiger charge is 2.26. The van der Waals surface area contributed by atoms with E-state index in [1.165, 1.54) is 0 Å². The number of hydrogen-bond donors (Lipinski definition) is 3. The summed E-state index contributed by atoms with van der Waals surface area (Å²) in [7, 11) is 0. The van der Waals surface area contributed by atoms with E-state index in [9.17, 15) is 9.59 Å². The molecule has 1 fully saturated rings. The van der Waals surface area contributed by atoms with Gasteiger partial charge in [-0.05, 0) is 49.9 Å². The molecule has 1 aliphatic rings. The van der Waals surface area contributed by atoms with Crippen LogP contribution < -0.4 is 16.0 Å². The third-order valence-electron chi connectivity index (χ3n) is 4.43. The molecule has 0 atom stereocenters. The van der Waals surface area contributed by atoms with Crippen LogP contribution in [0.25, 0.3) is 0 Å². The van der Waals surface area contributed by atoms with Gasteiger partial charge in [-0.25, -0.2) is 0 Å². The van der Waals surface area contributed by atoms with Crippen LogP contribution in [0, 0.1) is 5.41 Å². The van der Waals surface area contributed by atoms with Gasteiger partial charge in [0, 0.05) is 25.1 Å². The molecule has 1 aromatic rings. The van der Waals surface area contributed by atoms with Crippen molar-refractivity contribution >= 4 is 11.8 Å². The molecule has 2 amide bonds. The minimum Gasteiger partial charge on any atom is -0.356 e. The SMILES string of the molecule is CC1(CNC(=O)CCCNC(=O)c2ccccc2)CCNCC1. The molecule has 1 aliphatic heterocycles. The molecule has 5 heteroatoms. The Bertz CT molecular complexity index is 510. The van der Waals surface area contributed by atoms with Crippen LogP contribution in [-0.2, 0) is 4.79 Å². The van der Waals surface area contributed by atoms with E-state index >= 15 is 0 Å². The number of carbonyl (C=O) groups excluding carboxylic acids is 2. The number of benzene rings is 1. The molecule has 1 saturated heterocycles. The summed E-state index contributed by atoms with van der Waals surface area (Å²) in [5.74, 6) is -0.0213. The molecule has 1 heterocycles. The summed E-state index contributed by atoms with van der Waals surface area (Å²) < 4.78 is 0. The van der Waals surface area contributed by atoms with Gasteiger partial charge in [0.2, 0.25) is 5.91 Å². The predicted molar refractivity (Wildman–Crippen MR) is 91.2 cm³/mol. The summed E-state index contributed by atoms with van der Waals surface area (Å²) in [5.41, 5.74) is 0.860.